The molecular formula is C22H26N4OS. The number of furan rings is 1. The number of hydrogen-bond donors (Lipinski definition) is 1. The third-order valence-electron chi connectivity index (χ3n) is 5.46. The van der Waals surface area contributed by atoms with Crippen LogP contribution in [-0.4, -0.2) is 19.6 Å². The zero-order valence-corrected chi connectivity index (χ0v) is 17.5. The fraction of sp³-hybridized carbons (Fsp3) is 0.364. The quantitative estimate of drug-likeness (QED) is 0.627. The van der Waals surface area contributed by atoms with Crippen LogP contribution in [0.5, 0.6) is 0 Å². The molecule has 0 aromatic carbocycles. The lowest BCUT2D eigenvalue weighted by molar-refractivity contribution is 0.286. The summed E-state index contributed by atoms with van der Waals surface area (Å²) >= 11 is 5.74. The lowest BCUT2D eigenvalue weighted by Gasteiger charge is -2.27. The van der Waals surface area contributed by atoms with Gasteiger partial charge in [0.2, 0.25) is 0 Å². The van der Waals surface area contributed by atoms with E-state index in [4.69, 9.17) is 16.6 Å². The fourth-order valence-corrected chi connectivity index (χ4v) is 4.69. The monoisotopic (exact) mass is 394 g/mol. The zero-order chi connectivity index (χ0) is 19.8. The number of aromatic nitrogens is 2. The number of thiocarbonyl (C=S) groups is 1. The SMILES string of the molecule is Cc1cc([C@@H]2[C@H](c3ccccn3)NC(=S)N2Cc2ccco2)c(C)n1C(C)C. The maximum Gasteiger partial charge on any atom is 0.170 e. The molecule has 0 aliphatic carbocycles. The Hall–Kier alpha value is -2.60. The topological polar surface area (TPSA) is 46.2 Å². The van der Waals surface area contributed by atoms with Crippen LogP contribution in [0.15, 0.2) is 53.3 Å². The zero-order valence-electron chi connectivity index (χ0n) is 16.7. The first-order valence-corrected chi connectivity index (χ1v) is 10.1. The van der Waals surface area contributed by atoms with Gasteiger partial charge in [-0.1, -0.05) is 6.07 Å². The highest BCUT2D eigenvalue weighted by molar-refractivity contribution is 7.80. The number of rotatable bonds is 5. The summed E-state index contributed by atoms with van der Waals surface area (Å²) < 4.78 is 8.00. The van der Waals surface area contributed by atoms with E-state index in [1.54, 1.807) is 6.26 Å². The highest BCUT2D eigenvalue weighted by Gasteiger charge is 2.41. The Morgan fingerprint density at radius 3 is 2.64 bits per heavy atom. The summed E-state index contributed by atoms with van der Waals surface area (Å²) in [4.78, 5) is 6.84. The van der Waals surface area contributed by atoms with Crippen LogP contribution in [0.3, 0.4) is 0 Å². The third kappa shape index (κ3) is 3.22. The molecule has 3 aromatic rings. The molecule has 4 rings (SSSR count). The van der Waals surface area contributed by atoms with Crippen molar-refractivity contribution in [3.05, 3.63) is 77.3 Å². The summed E-state index contributed by atoms with van der Waals surface area (Å²) in [5.41, 5.74) is 4.80. The van der Waals surface area contributed by atoms with E-state index in [0.717, 1.165) is 16.6 Å². The van der Waals surface area contributed by atoms with Crippen LogP contribution < -0.4 is 5.32 Å². The molecule has 5 nitrogen and oxygen atoms in total. The summed E-state index contributed by atoms with van der Waals surface area (Å²) in [6.07, 6.45) is 3.54. The van der Waals surface area contributed by atoms with Gasteiger partial charge in [0.1, 0.15) is 5.76 Å². The molecule has 1 saturated heterocycles. The average Bonchev–Trinajstić information content (AvgIpc) is 3.36. The van der Waals surface area contributed by atoms with Crippen molar-refractivity contribution in [1.82, 2.24) is 19.8 Å². The number of nitrogens with zero attached hydrogens (tertiary/aromatic N) is 3. The minimum absolute atomic E-state index is 0.00947. The minimum Gasteiger partial charge on any atom is -0.467 e. The summed E-state index contributed by atoms with van der Waals surface area (Å²) in [6.45, 7) is 9.43. The first-order valence-electron chi connectivity index (χ1n) is 9.66. The van der Waals surface area contributed by atoms with Crippen molar-refractivity contribution in [2.45, 2.75) is 52.4 Å². The number of hydrogen-bond acceptors (Lipinski definition) is 3. The molecule has 3 aromatic heterocycles. The van der Waals surface area contributed by atoms with Crippen molar-refractivity contribution in [3.8, 4) is 0 Å². The van der Waals surface area contributed by atoms with E-state index in [-0.39, 0.29) is 12.1 Å². The highest BCUT2D eigenvalue weighted by atomic mass is 32.1. The Balaban J connectivity index is 1.81. The normalized spacial score (nSPS) is 19.5. The van der Waals surface area contributed by atoms with Gasteiger partial charge in [-0.15, -0.1) is 0 Å². The van der Waals surface area contributed by atoms with Gasteiger partial charge >= 0.3 is 0 Å². The van der Waals surface area contributed by atoms with Crippen LogP contribution >= 0.6 is 12.2 Å². The maximum atomic E-state index is 5.74. The van der Waals surface area contributed by atoms with Gasteiger partial charge in [-0.25, -0.2) is 0 Å². The molecule has 0 radical (unpaired) electrons. The molecule has 2 atom stereocenters. The van der Waals surface area contributed by atoms with Gasteiger partial charge < -0.3 is 19.2 Å². The van der Waals surface area contributed by atoms with E-state index < -0.39 is 0 Å². The Kier molecular flexibility index (Phi) is 4.98. The van der Waals surface area contributed by atoms with Crippen LogP contribution in [0.4, 0.5) is 0 Å². The molecule has 1 aliphatic rings. The maximum absolute atomic E-state index is 5.74. The molecule has 4 heterocycles. The molecule has 0 bridgehead atoms. The molecule has 0 spiro atoms. The summed E-state index contributed by atoms with van der Waals surface area (Å²) in [7, 11) is 0. The van der Waals surface area contributed by atoms with Crippen molar-refractivity contribution < 1.29 is 4.42 Å². The van der Waals surface area contributed by atoms with Crippen molar-refractivity contribution in [1.29, 1.82) is 0 Å². The molecule has 0 amide bonds. The van der Waals surface area contributed by atoms with Crippen LogP contribution in [0.25, 0.3) is 0 Å². The predicted molar refractivity (Wildman–Crippen MR) is 114 cm³/mol. The van der Waals surface area contributed by atoms with E-state index in [2.05, 4.69) is 59.6 Å². The predicted octanol–water partition coefficient (Wildman–Crippen LogP) is 4.85. The lowest BCUT2D eigenvalue weighted by atomic mass is 9.96. The first kappa shape index (κ1) is 18.7. The summed E-state index contributed by atoms with van der Waals surface area (Å²) in [5, 5.41) is 4.24. The Morgan fingerprint density at radius 2 is 2.04 bits per heavy atom. The second kappa shape index (κ2) is 7.43. The molecule has 146 valence electrons. The van der Waals surface area contributed by atoms with E-state index in [1.807, 2.05) is 30.5 Å². The standard InChI is InChI=1S/C22H26N4OS/c1-14(2)26-15(3)12-18(16(26)4)21-20(19-9-5-6-10-23-19)24-22(28)25(21)13-17-8-7-11-27-17/h5-12,14,20-21H,13H2,1-4H3,(H,24,28)/t20-,21+/m0/s1. The van der Waals surface area contributed by atoms with Gasteiger partial charge in [0.25, 0.3) is 0 Å². The Morgan fingerprint density at radius 1 is 1.21 bits per heavy atom. The fourth-order valence-electron chi connectivity index (χ4n) is 4.38. The van der Waals surface area contributed by atoms with Gasteiger partial charge in [-0.3, -0.25) is 4.98 Å². The van der Waals surface area contributed by atoms with Gasteiger partial charge in [0.15, 0.2) is 5.11 Å². The van der Waals surface area contributed by atoms with Crippen molar-refractivity contribution in [2.75, 3.05) is 0 Å². The third-order valence-corrected chi connectivity index (χ3v) is 5.81. The largest absolute Gasteiger partial charge is 0.467 e. The molecule has 1 N–H and O–H groups in total. The molecule has 0 saturated carbocycles. The second-order valence-electron chi connectivity index (χ2n) is 7.62. The first-order chi connectivity index (χ1) is 13.5. The van der Waals surface area contributed by atoms with E-state index in [9.17, 15) is 0 Å². The van der Waals surface area contributed by atoms with E-state index >= 15 is 0 Å². The number of nitrogens with one attached hydrogen (secondary N) is 1. The van der Waals surface area contributed by atoms with Gasteiger partial charge in [-0.2, -0.15) is 0 Å². The van der Waals surface area contributed by atoms with E-state index in [0.29, 0.717) is 12.6 Å². The molecule has 28 heavy (non-hydrogen) atoms. The molecular weight excluding hydrogens is 368 g/mol. The second-order valence-corrected chi connectivity index (χ2v) is 8.01. The summed E-state index contributed by atoms with van der Waals surface area (Å²) in [6, 6.07) is 12.7. The van der Waals surface area contributed by atoms with Crippen molar-refractivity contribution in [2.24, 2.45) is 0 Å². The van der Waals surface area contributed by atoms with Gasteiger partial charge in [-0.05, 0) is 75.8 Å². The Bertz CT molecular complexity index is 962. The van der Waals surface area contributed by atoms with Crippen LogP contribution in [0.1, 0.15) is 60.4 Å². The van der Waals surface area contributed by atoms with Crippen molar-refractivity contribution >= 4 is 17.3 Å². The van der Waals surface area contributed by atoms with Crippen LogP contribution in [0, 0.1) is 13.8 Å². The van der Waals surface area contributed by atoms with Gasteiger partial charge in [0.05, 0.1) is 30.6 Å². The van der Waals surface area contributed by atoms with Crippen LogP contribution in [0.2, 0.25) is 0 Å². The number of pyridine rings is 1. The minimum atomic E-state index is -0.00947. The molecule has 1 aliphatic heterocycles. The molecule has 1 fully saturated rings. The lowest BCUT2D eigenvalue weighted by Crippen LogP contribution is -2.29. The highest BCUT2D eigenvalue weighted by Crippen LogP contribution is 2.42. The van der Waals surface area contributed by atoms with Crippen molar-refractivity contribution in [3.63, 3.8) is 0 Å². The molecule has 6 heteroatoms. The average molecular weight is 395 g/mol. The number of aryl methyl sites for hydroxylation is 1. The van der Waals surface area contributed by atoms with Gasteiger partial charge in [0, 0.05) is 23.6 Å². The molecule has 0 unspecified atom stereocenters. The van der Waals surface area contributed by atoms with E-state index in [1.165, 1.54) is 17.0 Å². The van der Waals surface area contributed by atoms with Crippen LogP contribution in [-0.2, 0) is 6.54 Å². The Labute approximate surface area is 171 Å². The smallest absolute Gasteiger partial charge is 0.170 e. The summed E-state index contributed by atoms with van der Waals surface area (Å²) in [5.74, 6) is 0.897.